The van der Waals surface area contributed by atoms with Gasteiger partial charge in [0, 0.05) is 0 Å². The quantitative estimate of drug-likeness (QED) is 0.357. The zero-order valence-corrected chi connectivity index (χ0v) is 9.71. The summed E-state index contributed by atoms with van der Waals surface area (Å²) in [5, 5.41) is 0. The fourth-order valence-corrected chi connectivity index (χ4v) is 4.12. The number of rotatable bonds is 0. The lowest BCUT2D eigenvalue weighted by Crippen LogP contribution is -2.41. The molecule has 0 aromatic heterocycles. The molecule has 0 bridgehead atoms. The first-order valence-corrected chi connectivity index (χ1v) is 5.84. The number of carbonyl (C=O) groups is 2. The normalized spacial score (nSPS) is 44.1. The molecule has 0 radical (unpaired) electrons. The van der Waals surface area contributed by atoms with Gasteiger partial charge in [-0.05, 0) is 31.1 Å². The monoisotopic (exact) mass is 220 g/mol. The van der Waals surface area contributed by atoms with Crippen LogP contribution in [0.25, 0.3) is 0 Å². The van der Waals surface area contributed by atoms with E-state index in [4.69, 9.17) is 4.74 Å². The van der Waals surface area contributed by atoms with E-state index in [-0.39, 0.29) is 17.4 Å². The van der Waals surface area contributed by atoms with Crippen LogP contribution in [0.1, 0.15) is 39.5 Å². The summed E-state index contributed by atoms with van der Waals surface area (Å²) in [6.45, 7) is 4.28. The SMILES string of the molecule is CC1(C)CC23CC=CCC2(C1)C(=O)OC3=O. The highest BCUT2D eigenvalue weighted by Gasteiger charge is 2.73. The molecule has 0 amide bonds. The Hall–Kier alpha value is -1.12. The lowest BCUT2D eigenvalue weighted by Gasteiger charge is -2.35. The van der Waals surface area contributed by atoms with Crippen molar-refractivity contribution in [3.05, 3.63) is 12.2 Å². The van der Waals surface area contributed by atoms with Gasteiger partial charge in [0.25, 0.3) is 0 Å². The molecule has 2 atom stereocenters. The predicted octanol–water partition coefficient (Wildman–Crippen LogP) is 2.21. The largest absolute Gasteiger partial charge is 0.392 e. The molecule has 1 heterocycles. The van der Waals surface area contributed by atoms with E-state index in [0.717, 1.165) is 12.8 Å². The standard InChI is InChI=1S/C13H16O3/c1-11(2)7-12-5-3-4-6-13(12,8-11)10(15)16-9(12)14/h3-4H,5-8H2,1-2H3. The van der Waals surface area contributed by atoms with Gasteiger partial charge in [0.1, 0.15) is 0 Å². The van der Waals surface area contributed by atoms with E-state index < -0.39 is 10.8 Å². The molecule has 1 saturated carbocycles. The summed E-state index contributed by atoms with van der Waals surface area (Å²) in [5.74, 6) is -0.570. The third kappa shape index (κ3) is 0.902. The van der Waals surface area contributed by atoms with Crippen LogP contribution in [0.4, 0.5) is 0 Å². The molecular formula is C13H16O3. The summed E-state index contributed by atoms with van der Waals surface area (Å²) >= 11 is 0. The molecule has 3 aliphatic rings. The summed E-state index contributed by atoms with van der Waals surface area (Å²) in [6, 6.07) is 0. The summed E-state index contributed by atoms with van der Waals surface area (Å²) in [7, 11) is 0. The number of ether oxygens (including phenoxy) is 1. The van der Waals surface area contributed by atoms with Crippen LogP contribution in [0.3, 0.4) is 0 Å². The lowest BCUT2D eigenvalue weighted by molar-refractivity contribution is -0.157. The van der Waals surface area contributed by atoms with Crippen LogP contribution in [0.5, 0.6) is 0 Å². The molecular weight excluding hydrogens is 204 g/mol. The second-order valence-electron chi connectivity index (χ2n) is 6.24. The summed E-state index contributed by atoms with van der Waals surface area (Å²) < 4.78 is 4.93. The van der Waals surface area contributed by atoms with E-state index in [1.54, 1.807) is 0 Å². The third-order valence-electron chi connectivity index (χ3n) is 4.54. The highest BCUT2D eigenvalue weighted by Crippen LogP contribution is 2.68. The van der Waals surface area contributed by atoms with E-state index >= 15 is 0 Å². The number of allylic oxidation sites excluding steroid dienone is 2. The highest BCUT2D eigenvalue weighted by atomic mass is 16.6. The second-order valence-corrected chi connectivity index (χ2v) is 6.24. The second kappa shape index (κ2) is 2.58. The van der Waals surface area contributed by atoms with Crippen molar-refractivity contribution in [1.29, 1.82) is 0 Å². The molecule has 2 aliphatic carbocycles. The van der Waals surface area contributed by atoms with Gasteiger partial charge in [0.15, 0.2) is 0 Å². The van der Waals surface area contributed by atoms with Crippen LogP contribution in [-0.4, -0.2) is 11.9 Å². The molecule has 0 N–H and O–H groups in total. The van der Waals surface area contributed by atoms with E-state index in [1.165, 1.54) is 0 Å². The van der Waals surface area contributed by atoms with Crippen molar-refractivity contribution in [1.82, 2.24) is 0 Å². The van der Waals surface area contributed by atoms with Crippen LogP contribution in [-0.2, 0) is 14.3 Å². The fourth-order valence-electron chi connectivity index (χ4n) is 4.12. The van der Waals surface area contributed by atoms with E-state index in [1.807, 2.05) is 12.2 Å². The zero-order valence-electron chi connectivity index (χ0n) is 9.71. The Balaban J connectivity index is 2.20. The van der Waals surface area contributed by atoms with Crippen LogP contribution in [0.2, 0.25) is 0 Å². The van der Waals surface area contributed by atoms with E-state index in [9.17, 15) is 9.59 Å². The van der Waals surface area contributed by atoms with Crippen LogP contribution in [0.15, 0.2) is 12.2 Å². The number of cyclic esters (lactones) is 2. The maximum Gasteiger partial charge on any atom is 0.321 e. The molecule has 3 nitrogen and oxygen atoms in total. The minimum absolute atomic E-state index is 0.0567. The Labute approximate surface area is 94.8 Å². The summed E-state index contributed by atoms with van der Waals surface area (Å²) in [6.07, 6.45) is 6.94. The predicted molar refractivity (Wildman–Crippen MR) is 57.4 cm³/mol. The first-order valence-electron chi connectivity index (χ1n) is 5.84. The smallest absolute Gasteiger partial charge is 0.321 e. The Morgan fingerprint density at radius 3 is 1.88 bits per heavy atom. The van der Waals surface area contributed by atoms with Crippen molar-refractivity contribution in [2.75, 3.05) is 0 Å². The van der Waals surface area contributed by atoms with E-state index in [0.29, 0.717) is 12.8 Å². The summed E-state index contributed by atoms with van der Waals surface area (Å²) in [4.78, 5) is 24.1. The Morgan fingerprint density at radius 2 is 1.44 bits per heavy atom. The topological polar surface area (TPSA) is 43.4 Å². The molecule has 86 valence electrons. The number of esters is 2. The number of hydrogen-bond donors (Lipinski definition) is 0. The number of carbonyl (C=O) groups excluding carboxylic acids is 2. The van der Waals surface area contributed by atoms with Gasteiger partial charge in [-0.3, -0.25) is 9.59 Å². The minimum atomic E-state index is -0.553. The molecule has 1 aliphatic heterocycles. The average molecular weight is 220 g/mol. The first kappa shape index (κ1) is 10.1. The van der Waals surface area contributed by atoms with Gasteiger partial charge in [-0.25, -0.2) is 0 Å². The molecule has 16 heavy (non-hydrogen) atoms. The van der Waals surface area contributed by atoms with Crippen molar-refractivity contribution in [2.45, 2.75) is 39.5 Å². The molecule has 2 fully saturated rings. The van der Waals surface area contributed by atoms with Crippen molar-refractivity contribution in [2.24, 2.45) is 16.2 Å². The number of hydrogen-bond acceptors (Lipinski definition) is 3. The van der Waals surface area contributed by atoms with Gasteiger partial charge in [0.05, 0.1) is 10.8 Å². The molecule has 3 heteroatoms. The minimum Gasteiger partial charge on any atom is -0.392 e. The van der Waals surface area contributed by atoms with Crippen molar-refractivity contribution in [3.8, 4) is 0 Å². The van der Waals surface area contributed by atoms with Gasteiger partial charge >= 0.3 is 11.9 Å². The summed E-state index contributed by atoms with van der Waals surface area (Å²) in [5.41, 5.74) is -1.05. The van der Waals surface area contributed by atoms with Crippen molar-refractivity contribution >= 4 is 11.9 Å². The zero-order chi connectivity index (χ0) is 11.6. The average Bonchev–Trinajstić information content (AvgIpc) is 2.55. The third-order valence-corrected chi connectivity index (χ3v) is 4.54. The van der Waals surface area contributed by atoms with Crippen molar-refractivity contribution in [3.63, 3.8) is 0 Å². The molecule has 1 saturated heterocycles. The molecule has 2 unspecified atom stereocenters. The maximum absolute atomic E-state index is 12.0. The Morgan fingerprint density at radius 1 is 1.00 bits per heavy atom. The Bertz CT molecular complexity index is 385. The van der Waals surface area contributed by atoms with Gasteiger partial charge in [0.2, 0.25) is 0 Å². The molecule has 0 aromatic carbocycles. The molecule has 3 rings (SSSR count). The fraction of sp³-hybridized carbons (Fsp3) is 0.692. The van der Waals surface area contributed by atoms with Crippen LogP contribution in [0, 0.1) is 16.2 Å². The van der Waals surface area contributed by atoms with Crippen LogP contribution >= 0.6 is 0 Å². The van der Waals surface area contributed by atoms with Crippen molar-refractivity contribution < 1.29 is 14.3 Å². The van der Waals surface area contributed by atoms with E-state index in [2.05, 4.69) is 13.8 Å². The van der Waals surface area contributed by atoms with Crippen LogP contribution < -0.4 is 0 Å². The lowest BCUT2D eigenvalue weighted by atomic mass is 9.61. The molecule has 0 aromatic rings. The molecule has 0 spiro atoms. The first-order chi connectivity index (χ1) is 7.42. The Kier molecular flexibility index (Phi) is 1.62. The van der Waals surface area contributed by atoms with Gasteiger partial charge in [-0.15, -0.1) is 0 Å². The van der Waals surface area contributed by atoms with Gasteiger partial charge in [-0.2, -0.15) is 0 Å². The van der Waals surface area contributed by atoms with Gasteiger partial charge < -0.3 is 4.74 Å². The van der Waals surface area contributed by atoms with Gasteiger partial charge in [-0.1, -0.05) is 26.0 Å². The highest BCUT2D eigenvalue weighted by molar-refractivity contribution is 6.03. The maximum atomic E-state index is 12.0.